The molecule has 2 heterocycles. The Morgan fingerprint density at radius 2 is 2.22 bits per heavy atom. The van der Waals surface area contributed by atoms with Gasteiger partial charge in [-0.15, -0.1) is 0 Å². The summed E-state index contributed by atoms with van der Waals surface area (Å²) in [7, 11) is -3.93. The average Bonchev–Trinajstić information content (AvgIpc) is 2.27. The molecule has 0 aliphatic carbocycles. The maximum Gasteiger partial charge on any atom is 0.330 e. The molecule has 7 heteroatoms. The molecule has 0 saturated carbocycles. The van der Waals surface area contributed by atoms with Gasteiger partial charge in [0.1, 0.15) is 0 Å². The summed E-state index contributed by atoms with van der Waals surface area (Å²) in [5, 5.41) is 10.00. The van der Waals surface area contributed by atoms with E-state index >= 15 is 0 Å². The second kappa shape index (κ2) is 4.65. The molecular weight excluding hydrogens is 254 g/mol. The van der Waals surface area contributed by atoms with Gasteiger partial charge in [0, 0.05) is 19.3 Å². The number of hydroxylamine groups is 2. The van der Waals surface area contributed by atoms with E-state index in [0.29, 0.717) is 24.6 Å². The molecule has 0 atom stereocenters. The zero-order chi connectivity index (χ0) is 13.3. The fraction of sp³-hybridized carbons (Fsp3) is 0.455. The van der Waals surface area contributed by atoms with E-state index in [2.05, 4.69) is 4.98 Å². The maximum absolute atomic E-state index is 11.9. The van der Waals surface area contributed by atoms with Crippen LogP contribution >= 0.6 is 0 Å². The number of rotatable bonds is 3. The number of hydrogen-bond acceptors (Lipinski definition) is 6. The Bertz CT molecular complexity index is 600. The van der Waals surface area contributed by atoms with Crippen LogP contribution in [0.2, 0.25) is 0 Å². The smallest absolute Gasteiger partial charge is 0.242 e. The highest BCUT2D eigenvalue weighted by atomic mass is 32.2. The van der Waals surface area contributed by atoms with Crippen molar-refractivity contribution in [3.63, 3.8) is 0 Å². The second-order valence-electron chi connectivity index (χ2n) is 4.43. The van der Waals surface area contributed by atoms with Gasteiger partial charge in [0.25, 0.3) is 0 Å². The van der Waals surface area contributed by atoms with Gasteiger partial charge in [-0.05, 0) is 24.5 Å². The van der Waals surface area contributed by atoms with Crippen LogP contribution in [-0.2, 0) is 14.4 Å². The molecule has 1 aliphatic heterocycles. The van der Waals surface area contributed by atoms with Crippen LogP contribution in [0.25, 0.3) is 0 Å². The van der Waals surface area contributed by atoms with E-state index in [0.717, 1.165) is 0 Å². The van der Waals surface area contributed by atoms with Crippen molar-refractivity contribution in [3.05, 3.63) is 23.4 Å². The molecule has 0 spiro atoms. The Balaban J connectivity index is 2.22. The Hall–Kier alpha value is -1.49. The van der Waals surface area contributed by atoms with Gasteiger partial charge >= 0.3 is 10.1 Å². The van der Waals surface area contributed by atoms with Crippen LogP contribution in [0.15, 0.2) is 17.3 Å². The Labute approximate surface area is 106 Å². The number of pyridine rings is 1. The summed E-state index contributed by atoms with van der Waals surface area (Å²) in [6.45, 7) is 4.86. The van der Waals surface area contributed by atoms with E-state index in [-0.39, 0.29) is 10.6 Å². The quantitative estimate of drug-likeness (QED) is 0.806. The van der Waals surface area contributed by atoms with E-state index < -0.39 is 10.1 Å². The highest BCUT2D eigenvalue weighted by Gasteiger charge is 2.30. The van der Waals surface area contributed by atoms with Crippen molar-refractivity contribution >= 4 is 10.1 Å². The third-order valence-corrected chi connectivity index (χ3v) is 3.83. The molecule has 0 radical (unpaired) electrons. The first-order valence-corrected chi connectivity index (χ1v) is 6.89. The molecule has 0 unspecified atom stereocenters. The van der Waals surface area contributed by atoms with Crippen LogP contribution in [0, 0.1) is 24.2 Å². The summed E-state index contributed by atoms with van der Waals surface area (Å²) < 4.78 is 28.7. The van der Waals surface area contributed by atoms with E-state index in [9.17, 15) is 8.42 Å². The molecule has 1 aromatic heterocycles. The lowest BCUT2D eigenvalue weighted by atomic mass is 10.1. The number of hydrogen-bond donors (Lipinski definition) is 0. The molecular formula is C11H13N3O3S. The molecule has 18 heavy (non-hydrogen) atoms. The lowest BCUT2D eigenvalue weighted by Gasteiger charge is -2.34. The Kier molecular flexibility index (Phi) is 3.34. The van der Waals surface area contributed by atoms with Crippen LogP contribution in [0.1, 0.15) is 18.1 Å². The van der Waals surface area contributed by atoms with E-state index in [1.165, 1.54) is 17.3 Å². The Morgan fingerprint density at radius 1 is 1.56 bits per heavy atom. The van der Waals surface area contributed by atoms with Crippen molar-refractivity contribution in [1.82, 2.24) is 10.0 Å². The third kappa shape index (κ3) is 2.51. The first-order chi connectivity index (χ1) is 8.42. The highest BCUT2D eigenvalue weighted by Crippen LogP contribution is 2.20. The van der Waals surface area contributed by atoms with Crippen LogP contribution < -0.4 is 0 Å². The minimum absolute atomic E-state index is 0.232. The van der Waals surface area contributed by atoms with Gasteiger partial charge in [0.2, 0.25) is 0 Å². The van der Waals surface area contributed by atoms with Gasteiger partial charge in [0.05, 0.1) is 11.6 Å². The number of nitriles is 1. The third-order valence-electron chi connectivity index (χ3n) is 2.69. The zero-order valence-electron chi connectivity index (χ0n) is 10.1. The molecule has 1 aromatic rings. The van der Waals surface area contributed by atoms with Crippen molar-refractivity contribution in [2.45, 2.75) is 18.9 Å². The topological polar surface area (TPSA) is 83.3 Å². The summed E-state index contributed by atoms with van der Waals surface area (Å²) in [6, 6.07) is 3.15. The molecule has 6 nitrogen and oxygen atoms in total. The van der Waals surface area contributed by atoms with Crippen LogP contribution in [0.3, 0.4) is 0 Å². The van der Waals surface area contributed by atoms with Crippen molar-refractivity contribution < 1.29 is 12.7 Å². The number of nitrogens with zero attached hydrogens (tertiary/aromatic N) is 3. The van der Waals surface area contributed by atoms with Crippen molar-refractivity contribution in [2.75, 3.05) is 13.1 Å². The first-order valence-electron chi connectivity index (χ1n) is 5.48. The molecule has 0 bridgehead atoms. The van der Waals surface area contributed by atoms with Crippen molar-refractivity contribution in [3.8, 4) is 6.07 Å². The van der Waals surface area contributed by atoms with Gasteiger partial charge in [-0.1, -0.05) is 6.92 Å². The van der Waals surface area contributed by atoms with Crippen molar-refractivity contribution in [1.29, 1.82) is 5.26 Å². The van der Waals surface area contributed by atoms with E-state index in [4.69, 9.17) is 9.55 Å². The lowest BCUT2D eigenvalue weighted by Crippen LogP contribution is -2.46. The van der Waals surface area contributed by atoms with Crippen LogP contribution in [0.4, 0.5) is 0 Å². The minimum Gasteiger partial charge on any atom is -0.242 e. The zero-order valence-corrected chi connectivity index (χ0v) is 10.9. The standard InChI is InChI=1S/C11H13N3O3S/c1-8-6-14(7-8)17-18(15,16)11-3-10(4-12)9(2)5-13-11/h3,5,8H,6-7H2,1-2H3. The lowest BCUT2D eigenvalue weighted by molar-refractivity contribution is -0.130. The average molecular weight is 267 g/mol. The molecule has 0 amide bonds. The van der Waals surface area contributed by atoms with E-state index in [1.807, 2.05) is 13.0 Å². The van der Waals surface area contributed by atoms with Gasteiger partial charge in [-0.25, -0.2) is 4.98 Å². The summed E-state index contributed by atoms with van der Waals surface area (Å²) in [5.74, 6) is 0.431. The van der Waals surface area contributed by atoms with Gasteiger partial charge in [0.15, 0.2) is 5.03 Å². The second-order valence-corrected chi connectivity index (χ2v) is 5.91. The molecule has 1 saturated heterocycles. The molecule has 96 valence electrons. The maximum atomic E-state index is 11.9. The van der Waals surface area contributed by atoms with Gasteiger partial charge in [-0.3, -0.25) is 0 Å². The molecule has 1 fully saturated rings. The highest BCUT2D eigenvalue weighted by molar-refractivity contribution is 7.86. The molecule has 2 rings (SSSR count). The number of aromatic nitrogens is 1. The molecule has 0 aromatic carbocycles. The summed E-state index contributed by atoms with van der Waals surface area (Å²) in [6.07, 6.45) is 1.35. The van der Waals surface area contributed by atoms with Crippen LogP contribution in [-0.4, -0.2) is 31.6 Å². The molecule has 1 aliphatic rings. The normalized spacial score (nSPS) is 17.2. The predicted molar refractivity (Wildman–Crippen MR) is 62.7 cm³/mol. The predicted octanol–water partition coefficient (Wildman–Crippen LogP) is 0.834. The Morgan fingerprint density at radius 3 is 2.78 bits per heavy atom. The van der Waals surface area contributed by atoms with Gasteiger partial charge in [-0.2, -0.15) is 23.0 Å². The summed E-state index contributed by atoms with van der Waals surface area (Å²) in [4.78, 5) is 3.80. The largest absolute Gasteiger partial charge is 0.330 e. The summed E-state index contributed by atoms with van der Waals surface area (Å²) in [5.41, 5.74) is 0.915. The minimum atomic E-state index is -3.93. The van der Waals surface area contributed by atoms with E-state index in [1.54, 1.807) is 6.92 Å². The first kappa shape index (κ1) is 13.0. The van der Waals surface area contributed by atoms with Crippen molar-refractivity contribution in [2.24, 2.45) is 5.92 Å². The molecule has 0 N–H and O–H groups in total. The number of aryl methyl sites for hydroxylation is 1. The SMILES string of the molecule is Cc1cnc(S(=O)(=O)ON2CC(C)C2)cc1C#N. The fourth-order valence-electron chi connectivity index (χ4n) is 1.64. The monoisotopic (exact) mass is 267 g/mol. The van der Waals surface area contributed by atoms with Crippen LogP contribution in [0.5, 0.6) is 0 Å². The summed E-state index contributed by atoms with van der Waals surface area (Å²) >= 11 is 0. The van der Waals surface area contributed by atoms with Gasteiger partial charge < -0.3 is 0 Å². The fourth-order valence-corrected chi connectivity index (χ4v) is 2.56.